The van der Waals surface area contributed by atoms with Crippen LogP contribution in [0.5, 0.6) is 5.75 Å². The summed E-state index contributed by atoms with van der Waals surface area (Å²) in [5, 5.41) is 0. The fraction of sp³-hybridized carbons (Fsp3) is 0.167. The Morgan fingerprint density at radius 2 is 1.54 bits per heavy atom. The lowest BCUT2D eigenvalue weighted by molar-refractivity contribution is -2.00. The van der Waals surface area contributed by atoms with Crippen LogP contribution in [-0.2, 0) is 0 Å². The minimum Gasteiger partial charge on any atom is -0.496 e. The largest absolute Gasteiger partial charge is 0.496 e. The number of halogens is 1. The van der Waals surface area contributed by atoms with Gasteiger partial charge in [0.15, 0.2) is 0 Å². The Morgan fingerprint density at radius 3 is 1.77 bits per heavy atom. The summed E-state index contributed by atoms with van der Waals surface area (Å²) in [7, 11) is -3.32. The van der Waals surface area contributed by atoms with E-state index < -0.39 is 10.2 Å². The highest BCUT2D eigenvalue weighted by molar-refractivity contribution is 5.14. The van der Waals surface area contributed by atoms with Gasteiger partial charge in [0.25, 0.3) is 0 Å². The topological polar surface area (TPSA) is 113 Å². The van der Waals surface area contributed by atoms with E-state index in [0.717, 1.165) is 5.75 Å². The van der Waals surface area contributed by atoms with Crippen LogP contribution in [0.4, 0.5) is 0 Å². The molecular weight excluding hydrogens is 204 g/mol. The van der Waals surface area contributed by atoms with E-state index in [0.29, 0.717) is 0 Å². The number of rotatable bonds is 1. The van der Waals surface area contributed by atoms with E-state index in [1.807, 2.05) is 0 Å². The number of ether oxygens (including phenoxy) is 1. The first kappa shape index (κ1) is 12.1. The molecule has 0 aromatic carbocycles. The molecule has 13 heavy (non-hydrogen) atoms. The van der Waals surface area contributed by atoms with Gasteiger partial charge in [-0.15, -0.1) is 10.2 Å². The van der Waals surface area contributed by atoms with Crippen molar-refractivity contribution in [1.29, 1.82) is 0 Å². The molecule has 0 N–H and O–H groups in total. The maximum atomic E-state index is 8.49. The zero-order valence-corrected chi connectivity index (χ0v) is 7.39. The molecule has 74 valence electrons. The summed E-state index contributed by atoms with van der Waals surface area (Å²) in [5.74, 6) is 0.816. The summed E-state index contributed by atoms with van der Waals surface area (Å²) in [4.78, 5) is 0. The maximum absolute atomic E-state index is 8.49. The Balaban J connectivity index is 0.000000252. The lowest BCUT2D eigenvalue weighted by atomic mass is 10.5. The van der Waals surface area contributed by atoms with Crippen molar-refractivity contribution in [3.63, 3.8) is 0 Å². The summed E-state index contributed by atoms with van der Waals surface area (Å²) in [6.45, 7) is 0. The predicted molar refractivity (Wildman–Crippen MR) is 29.7 cm³/mol. The van der Waals surface area contributed by atoms with Gasteiger partial charge in [0.05, 0.1) is 19.2 Å². The number of hydrogen-bond acceptors (Lipinski definition) is 5. The minimum absolute atomic E-state index is 0.816. The van der Waals surface area contributed by atoms with E-state index in [2.05, 4.69) is 0 Å². The Morgan fingerprint density at radius 1 is 1.15 bits per heavy atom. The molecule has 0 radical (unpaired) electrons. The molecule has 0 unspecified atom stereocenters. The first-order valence-electron chi connectivity index (χ1n) is 2.95. The average molecular weight is 211 g/mol. The Labute approximate surface area is 76.4 Å². The molecule has 1 heterocycles. The summed E-state index contributed by atoms with van der Waals surface area (Å²) in [5.41, 5.74) is 0. The Bertz CT molecular complexity index is 214. The molecular formula is C6H7ClO6. The fourth-order valence-electron chi connectivity index (χ4n) is 0.450. The summed E-state index contributed by atoms with van der Waals surface area (Å²) in [6, 6.07) is 3.50. The molecule has 0 atom stereocenters. The monoisotopic (exact) mass is 210 g/mol. The van der Waals surface area contributed by atoms with Crippen LogP contribution in [0.1, 0.15) is 0 Å². The third kappa shape index (κ3) is 11.1. The third-order valence-electron chi connectivity index (χ3n) is 0.857. The normalized spacial score (nSPS) is 9.92. The van der Waals surface area contributed by atoms with Gasteiger partial charge < -0.3 is 4.74 Å². The van der Waals surface area contributed by atoms with Crippen LogP contribution in [0.15, 0.2) is 29.1 Å². The zero-order valence-electron chi connectivity index (χ0n) is 6.64. The van der Waals surface area contributed by atoms with Gasteiger partial charge in [0.1, 0.15) is 5.75 Å². The molecule has 0 saturated carbocycles. The van der Waals surface area contributed by atoms with Crippen molar-refractivity contribution in [2.24, 2.45) is 0 Å². The Hall–Kier alpha value is -0.920. The molecule has 0 aliphatic heterocycles. The van der Waals surface area contributed by atoms with E-state index in [1.54, 1.807) is 31.8 Å². The van der Waals surface area contributed by atoms with Crippen LogP contribution in [-0.4, -0.2) is 7.11 Å². The first-order chi connectivity index (χ1) is 5.93. The minimum atomic E-state index is -4.94. The van der Waals surface area contributed by atoms with Gasteiger partial charge in [0.2, 0.25) is 0 Å². The second kappa shape index (κ2) is 5.68. The second-order valence-corrected chi connectivity index (χ2v) is 2.48. The molecule has 1 aromatic heterocycles. The van der Waals surface area contributed by atoms with Crippen LogP contribution in [0, 0.1) is 10.2 Å². The van der Waals surface area contributed by atoms with E-state index in [1.165, 1.54) is 0 Å². The lowest BCUT2D eigenvalue weighted by Crippen LogP contribution is -2.68. The number of methoxy groups -OCH3 is 1. The molecule has 6 nitrogen and oxygen atoms in total. The molecule has 0 aliphatic carbocycles. The average Bonchev–Trinajstić information content (AvgIpc) is 2.03. The molecule has 0 aliphatic rings. The van der Waals surface area contributed by atoms with Gasteiger partial charge in [-0.2, -0.15) is 0 Å². The van der Waals surface area contributed by atoms with Crippen molar-refractivity contribution in [1.82, 2.24) is 0 Å². The first-order valence-corrected chi connectivity index (χ1v) is 4.18. The molecule has 0 fully saturated rings. The zero-order chi connectivity index (χ0) is 10.3. The number of hydrogen-bond donors (Lipinski definition) is 0. The van der Waals surface area contributed by atoms with Gasteiger partial charge in [-0.25, -0.2) is 23.1 Å². The smallest absolute Gasteiger partial charge is 0.321 e. The van der Waals surface area contributed by atoms with Gasteiger partial charge >= 0.3 is 12.5 Å². The van der Waals surface area contributed by atoms with Crippen molar-refractivity contribution < 1.29 is 38.0 Å². The van der Waals surface area contributed by atoms with E-state index in [9.17, 15) is 0 Å². The van der Waals surface area contributed by atoms with E-state index in [-0.39, 0.29) is 0 Å². The van der Waals surface area contributed by atoms with Gasteiger partial charge in [-0.1, -0.05) is 0 Å². The van der Waals surface area contributed by atoms with E-state index in [4.69, 9.17) is 27.8 Å². The van der Waals surface area contributed by atoms with Gasteiger partial charge in [-0.3, -0.25) is 0 Å². The molecule has 1 rings (SSSR count). The molecule has 0 spiro atoms. The van der Waals surface area contributed by atoms with Crippen LogP contribution in [0.2, 0.25) is 0 Å². The molecule has 1 aromatic rings. The summed E-state index contributed by atoms with van der Waals surface area (Å²) in [6.07, 6.45) is 3.14. The van der Waals surface area contributed by atoms with Gasteiger partial charge in [-0.05, 0) is 0 Å². The highest BCUT2D eigenvalue weighted by Crippen LogP contribution is 2.05. The molecule has 0 saturated heterocycles. The summed E-state index contributed by atoms with van der Waals surface area (Å²) < 4.78 is 43.6. The second-order valence-electron chi connectivity index (χ2n) is 1.73. The Kier molecular flexibility index (Phi) is 5.28. The standard InChI is InChI=1S/C6H7O2.ClHO4/c1-7-6-2-4-8-5-3-6;2-1(3,4)5/h2-5H,1H3;(H,2,3,4,5)/q+1;/p-1. The van der Waals surface area contributed by atoms with Crippen molar-refractivity contribution in [3.8, 4) is 5.75 Å². The molecule has 7 heteroatoms. The maximum Gasteiger partial charge on any atom is 0.321 e. The highest BCUT2D eigenvalue weighted by Gasteiger charge is 1.90. The lowest BCUT2D eigenvalue weighted by Gasteiger charge is -2.17. The fourth-order valence-corrected chi connectivity index (χ4v) is 0.450. The third-order valence-corrected chi connectivity index (χ3v) is 0.857. The molecule has 0 bridgehead atoms. The van der Waals surface area contributed by atoms with Crippen molar-refractivity contribution in [2.45, 2.75) is 0 Å². The highest BCUT2D eigenvalue weighted by atomic mass is 35.7. The van der Waals surface area contributed by atoms with Crippen LogP contribution < -0.4 is 23.4 Å². The van der Waals surface area contributed by atoms with Crippen molar-refractivity contribution >= 4 is 0 Å². The van der Waals surface area contributed by atoms with Crippen molar-refractivity contribution in [3.05, 3.63) is 24.7 Å². The SMILES string of the molecule is COc1cc[o+]cc1.[O-][Cl+3]([O-])([O-])[O-]. The quantitative estimate of drug-likeness (QED) is 0.452. The molecule has 0 amide bonds. The predicted octanol–water partition coefficient (Wildman–Crippen LogP) is -3.19. The van der Waals surface area contributed by atoms with Crippen LogP contribution in [0.25, 0.3) is 0 Å². The summed E-state index contributed by atoms with van der Waals surface area (Å²) >= 11 is 0. The van der Waals surface area contributed by atoms with E-state index >= 15 is 0 Å². The van der Waals surface area contributed by atoms with Gasteiger partial charge in [0, 0.05) is 0 Å². The van der Waals surface area contributed by atoms with Crippen LogP contribution in [0.3, 0.4) is 0 Å². The van der Waals surface area contributed by atoms with Crippen molar-refractivity contribution in [2.75, 3.05) is 7.11 Å². The van der Waals surface area contributed by atoms with Crippen LogP contribution >= 0.6 is 0 Å².